The van der Waals surface area contributed by atoms with Crippen LogP contribution in [0, 0.1) is 40.9 Å². The minimum Gasteiger partial charge on any atom is -0.465 e. The van der Waals surface area contributed by atoms with E-state index in [9.17, 15) is 9.59 Å². The number of hydrogen-bond donors (Lipinski definition) is 0. The molecule has 0 N–H and O–H groups in total. The molecule has 7 unspecified atom stereocenters. The number of ketones is 1. The Morgan fingerprint density at radius 3 is 2.46 bits per heavy atom. The van der Waals surface area contributed by atoms with Crippen molar-refractivity contribution in [1.29, 1.82) is 0 Å². The summed E-state index contributed by atoms with van der Waals surface area (Å²) in [5, 5.41) is 0. The van der Waals surface area contributed by atoms with Crippen LogP contribution in [0.1, 0.15) is 85.5 Å². The molecular formula is C23H38O3. The van der Waals surface area contributed by atoms with E-state index in [0.29, 0.717) is 24.9 Å². The molecule has 0 aliphatic heterocycles. The molecule has 0 saturated heterocycles. The molecular weight excluding hydrogens is 324 g/mol. The van der Waals surface area contributed by atoms with Gasteiger partial charge in [-0.2, -0.15) is 0 Å². The van der Waals surface area contributed by atoms with Crippen LogP contribution in [-0.2, 0) is 14.3 Å². The van der Waals surface area contributed by atoms with Crippen LogP contribution in [-0.4, -0.2) is 18.4 Å². The average Bonchev–Trinajstić information content (AvgIpc) is 2.63. The maximum absolute atomic E-state index is 13.3. The number of rotatable bonds is 4. The number of carbonyl (C=O) groups excluding carboxylic acids is 2. The van der Waals surface area contributed by atoms with E-state index in [2.05, 4.69) is 20.8 Å². The Hall–Kier alpha value is -0.860. The van der Waals surface area contributed by atoms with Crippen molar-refractivity contribution in [3.05, 3.63) is 0 Å². The lowest BCUT2D eigenvalue weighted by Crippen LogP contribution is -2.54. The van der Waals surface area contributed by atoms with Crippen molar-refractivity contribution in [3.63, 3.8) is 0 Å². The smallest absolute Gasteiger partial charge is 0.316 e. The van der Waals surface area contributed by atoms with E-state index in [1.165, 1.54) is 38.5 Å². The Morgan fingerprint density at radius 2 is 1.81 bits per heavy atom. The zero-order valence-corrected chi connectivity index (χ0v) is 17.3. The summed E-state index contributed by atoms with van der Waals surface area (Å²) in [5.41, 5.74) is -0.315. The van der Waals surface area contributed by atoms with Crippen molar-refractivity contribution in [1.82, 2.24) is 0 Å². The second-order valence-corrected chi connectivity index (χ2v) is 9.47. The lowest BCUT2D eigenvalue weighted by Gasteiger charge is -2.55. The summed E-state index contributed by atoms with van der Waals surface area (Å²) in [6.45, 7) is 9.11. The molecule has 0 aromatic rings. The Kier molecular flexibility index (Phi) is 6.14. The fraction of sp³-hybridized carbons (Fsp3) is 0.913. The molecule has 0 bridgehead atoms. The molecule has 26 heavy (non-hydrogen) atoms. The zero-order valence-electron chi connectivity index (χ0n) is 17.3. The number of esters is 1. The van der Waals surface area contributed by atoms with Crippen LogP contribution in [0.5, 0.6) is 0 Å². The fourth-order valence-corrected chi connectivity index (χ4v) is 6.92. The summed E-state index contributed by atoms with van der Waals surface area (Å²) in [6.07, 6.45) is 10.6. The Balaban J connectivity index is 1.80. The predicted molar refractivity (Wildman–Crippen MR) is 104 cm³/mol. The number of fused-ring (bicyclic) bond motifs is 1. The zero-order chi connectivity index (χ0) is 18.9. The van der Waals surface area contributed by atoms with Gasteiger partial charge in [-0.3, -0.25) is 9.59 Å². The quantitative estimate of drug-likeness (QED) is 0.496. The molecule has 3 heteroatoms. The van der Waals surface area contributed by atoms with Crippen LogP contribution in [0.3, 0.4) is 0 Å². The van der Waals surface area contributed by atoms with E-state index in [-0.39, 0.29) is 17.2 Å². The third-order valence-electron chi connectivity index (χ3n) is 8.30. The van der Waals surface area contributed by atoms with Crippen LogP contribution >= 0.6 is 0 Å². The molecule has 3 aliphatic carbocycles. The van der Waals surface area contributed by atoms with Gasteiger partial charge in [0.15, 0.2) is 5.78 Å². The molecule has 3 aliphatic rings. The third-order valence-corrected chi connectivity index (χ3v) is 8.30. The summed E-state index contributed by atoms with van der Waals surface area (Å²) < 4.78 is 5.20. The molecule has 0 heterocycles. The molecule has 3 rings (SSSR count). The van der Waals surface area contributed by atoms with E-state index in [1.807, 2.05) is 6.92 Å². The number of carbonyl (C=O) groups is 2. The molecule has 3 saturated carbocycles. The third kappa shape index (κ3) is 3.36. The first-order valence-corrected chi connectivity index (χ1v) is 11.1. The van der Waals surface area contributed by atoms with Crippen molar-refractivity contribution in [3.8, 4) is 0 Å². The van der Waals surface area contributed by atoms with Crippen LogP contribution < -0.4 is 0 Å². The van der Waals surface area contributed by atoms with Gasteiger partial charge in [-0.05, 0) is 68.6 Å². The van der Waals surface area contributed by atoms with Gasteiger partial charge in [-0.25, -0.2) is 0 Å². The van der Waals surface area contributed by atoms with Gasteiger partial charge in [0.05, 0.1) is 6.61 Å². The number of Topliss-reactive ketones (excluding diaryl/α,β-unsaturated/α-hetero) is 1. The molecule has 3 fully saturated rings. The molecule has 0 aromatic carbocycles. The molecule has 0 radical (unpaired) electrons. The summed E-state index contributed by atoms with van der Waals surface area (Å²) in [4.78, 5) is 25.6. The van der Waals surface area contributed by atoms with E-state index >= 15 is 0 Å². The largest absolute Gasteiger partial charge is 0.465 e. The highest BCUT2D eigenvalue weighted by Crippen LogP contribution is 2.58. The van der Waals surface area contributed by atoms with Gasteiger partial charge in [0, 0.05) is 5.41 Å². The Bertz CT molecular complexity index is 528. The standard InChI is InChI=1S/C23H38O3/c1-5-16-18(17-10-8-7-9-15(17)3)13-14-23(4)20(16)12-11-19(21(23)24)22(25)26-6-2/h15-20H,5-14H2,1-4H3. The topological polar surface area (TPSA) is 43.4 Å². The monoisotopic (exact) mass is 362 g/mol. The first kappa shape index (κ1) is 19.9. The summed E-state index contributed by atoms with van der Waals surface area (Å²) in [6, 6.07) is 0. The van der Waals surface area contributed by atoms with E-state index < -0.39 is 5.92 Å². The number of hydrogen-bond acceptors (Lipinski definition) is 3. The predicted octanol–water partition coefficient (Wildman–Crippen LogP) is 5.41. The lowest BCUT2D eigenvalue weighted by molar-refractivity contribution is -0.164. The van der Waals surface area contributed by atoms with Crippen LogP contribution in [0.4, 0.5) is 0 Å². The summed E-state index contributed by atoms with van der Waals surface area (Å²) >= 11 is 0. The van der Waals surface area contributed by atoms with Gasteiger partial charge in [0.2, 0.25) is 0 Å². The van der Waals surface area contributed by atoms with Gasteiger partial charge in [-0.1, -0.05) is 46.5 Å². The molecule has 3 nitrogen and oxygen atoms in total. The van der Waals surface area contributed by atoms with Crippen molar-refractivity contribution in [2.24, 2.45) is 40.9 Å². The maximum atomic E-state index is 13.3. The minimum absolute atomic E-state index is 0.181. The van der Waals surface area contributed by atoms with Gasteiger partial charge in [-0.15, -0.1) is 0 Å². The number of ether oxygens (including phenoxy) is 1. The SMILES string of the molecule is CCOC(=O)C1CCC2C(CC)C(C3CCCCC3C)CCC2(C)C1=O. The van der Waals surface area contributed by atoms with E-state index in [4.69, 9.17) is 4.74 Å². The first-order valence-electron chi connectivity index (χ1n) is 11.1. The highest BCUT2D eigenvalue weighted by atomic mass is 16.5. The van der Waals surface area contributed by atoms with Gasteiger partial charge in [0.25, 0.3) is 0 Å². The molecule has 148 valence electrons. The Labute approximate surface area is 159 Å². The lowest BCUT2D eigenvalue weighted by atomic mass is 9.48. The van der Waals surface area contributed by atoms with Gasteiger partial charge in [0.1, 0.15) is 5.92 Å². The second kappa shape index (κ2) is 8.02. The van der Waals surface area contributed by atoms with E-state index in [1.54, 1.807) is 0 Å². The molecule has 0 spiro atoms. The normalized spacial score (nSPS) is 43.6. The maximum Gasteiger partial charge on any atom is 0.316 e. The average molecular weight is 363 g/mol. The van der Waals surface area contributed by atoms with Crippen LogP contribution in [0.2, 0.25) is 0 Å². The van der Waals surface area contributed by atoms with Crippen molar-refractivity contribution in [2.45, 2.75) is 85.5 Å². The minimum atomic E-state index is -0.515. The van der Waals surface area contributed by atoms with Gasteiger partial charge >= 0.3 is 5.97 Å². The van der Waals surface area contributed by atoms with Crippen molar-refractivity contribution < 1.29 is 14.3 Å². The fourth-order valence-electron chi connectivity index (χ4n) is 6.92. The second-order valence-electron chi connectivity index (χ2n) is 9.47. The molecule has 0 amide bonds. The van der Waals surface area contributed by atoms with Crippen LogP contribution in [0.25, 0.3) is 0 Å². The van der Waals surface area contributed by atoms with Crippen LogP contribution in [0.15, 0.2) is 0 Å². The Morgan fingerprint density at radius 1 is 1.08 bits per heavy atom. The van der Waals surface area contributed by atoms with Gasteiger partial charge < -0.3 is 4.74 Å². The van der Waals surface area contributed by atoms with E-state index in [0.717, 1.165) is 30.6 Å². The van der Waals surface area contributed by atoms with Crippen molar-refractivity contribution >= 4 is 11.8 Å². The highest BCUT2D eigenvalue weighted by Gasteiger charge is 2.56. The highest BCUT2D eigenvalue weighted by molar-refractivity contribution is 6.02. The molecule has 7 atom stereocenters. The summed E-state index contributed by atoms with van der Waals surface area (Å²) in [7, 11) is 0. The first-order chi connectivity index (χ1) is 12.4. The summed E-state index contributed by atoms with van der Waals surface area (Å²) in [5.74, 6) is 2.94. The molecule has 0 aromatic heterocycles. The van der Waals surface area contributed by atoms with Crippen molar-refractivity contribution in [2.75, 3.05) is 6.61 Å².